The van der Waals surface area contributed by atoms with Gasteiger partial charge in [0.25, 0.3) is 0 Å². The van der Waals surface area contributed by atoms with Crippen LogP contribution in [-0.2, 0) is 11.3 Å². The van der Waals surface area contributed by atoms with Crippen LogP contribution in [0.25, 0.3) is 0 Å². The summed E-state index contributed by atoms with van der Waals surface area (Å²) in [6.07, 6.45) is 0. The van der Waals surface area contributed by atoms with Gasteiger partial charge >= 0.3 is 0 Å². The molecule has 4 nitrogen and oxygen atoms in total. The number of rotatable bonds is 3. The zero-order valence-electron chi connectivity index (χ0n) is 12.3. The monoisotopic (exact) mass is 394 g/mol. The molecule has 1 atom stereocenters. The molecule has 0 radical (unpaired) electrons. The minimum atomic E-state index is -0.391. The maximum absolute atomic E-state index is 12.4. The highest BCUT2D eigenvalue weighted by Crippen LogP contribution is 2.33. The van der Waals surface area contributed by atoms with Crippen LogP contribution >= 0.6 is 27.5 Å². The summed E-state index contributed by atoms with van der Waals surface area (Å²) in [5.74, 6) is 0.0301. The van der Waals surface area contributed by atoms with E-state index in [0.29, 0.717) is 24.7 Å². The van der Waals surface area contributed by atoms with Crippen molar-refractivity contribution in [3.05, 3.63) is 63.1 Å². The maximum atomic E-state index is 12.4. The molecule has 2 aromatic rings. The Bertz CT molecular complexity index is 738. The van der Waals surface area contributed by atoms with Crippen molar-refractivity contribution in [2.75, 3.05) is 13.1 Å². The summed E-state index contributed by atoms with van der Waals surface area (Å²) >= 11 is 9.71. The normalized spacial score (nSPS) is 18.7. The van der Waals surface area contributed by atoms with Crippen molar-refractivity contribution in [1.29, 1.82) is 0 Å². The maximum Gasteiger partial charge on any atom is 0.242 e. The lowest BCUT2D eigenvalue weighted by Gasteiger charge is -2.35. The fourth-order valence-electron chi connectivity index (χ4n) is 2.83. The predicted octanol–water partition coefficient (Wildman–Crippen LogP) is 3.48. The van der Waals surface area contributed by atoms with E-state index in [1.165, 1.54) is 0 Å². The number of halogens is 2. The van der Waals surface area contributed by atoms with Crippen LogP contribution in [0.2, 0.25) is 5.02 Å². The Balaban J connectivity index is 1.94. The number of phenolic OH excluding ortho intramolecular Hbond substituents is 1. The molecule has 120 valence electrons. The van der Waals surface area contributed by atoms with E-state index in [1.807, 2.05) is 30.3 Å². The molecule has 1 aliphatic heterocycles. The minimum Gasteiger partial charge on any atom is -0.506 e. The Hall–Kier alpha value is -1.56. The molecule has 23 heavy (non-hydrogen) atoms. The van der Waals surface area contributed by atoms with Crippen molar-refractivity contribution < 1.29 is 9.90 Å². The highest BCUT2D eigenvalue weighted by Gasteiger charge is 2.32. The Kier molecular flexibility index (Phi) is 4.90. The molecule has 0 aromatic heterocycles. The van der Waals surface area contributed by atoms with E-state index in [-0.39, 0.29) is 11.7 Å². The van der Waals surface area contributed by atoms with Gasteiger partial charge in [-0.25, -0.2) is 0 Å². The van der Waals surface area contributed by atoms with Crippen LogP contribution in [0.1, 0.15) is 17.2 Å². The standard InChI is InChI=1S/C17H16BrClN2O2/c18-13-6-2-1-5-12(13)16-17(23)20-8-9-21(16)10-11-4-3-7-14(22)15(11)19/h1-7,16,22H,8-10H2,(H,20,23). The molecule has 6 heteroatoms. The van der Waals surface area contributed by atoms with Crippen molar-refractivity contribution in [2.45, 2.75) is 12.6 Å². The summed E-state index contributed by atoms with van der Waals surface area (Å²) < 4.78 is 0.897. The van der Waals surface area contributed by atoms with Gasteiger partial charge in [-0.3, -0.25) is 9.69 Å². The Morgan fingerprint density at radius 1 is 1.26 bits per heavy atom. The zero-order chi connectivity index (χ0) is 16.4. The Morgan fingerprint density at radius 2 is 2.04 bits per heavy atom. The first-order chi connectivity index (χ1) is 11.1. The lowest BCUT2D eigenvalue weighted by Crippen LogP contribution is -2.49. The van der Waals surface area contributed by atoms with E-state index in [1.54, 1.807) is 12.1 Å². The van der Waals surface area contributed by atoms with Crippen molar-refractivity contribution in [2.24, 2.45) is 0 Å². The lowest BCUT2D eigenvalue weighted by molar-refractivity contribution is -0.129. The first kappa shape index (κ1) is 16.3. The van der Waals surface area contributed by atoms with E-state index in [9.17, 15) is 9.90 Å². The molecule has 0 aliphatic carbocycles. The highest BCUT2D eigenvalue weighted by atomic mass is 79.9. The summed E-state index contributed by atoms with van der Waals surface area (Å²) in [6.45, 7) is 1.80. The number of carbonyl (C=O) groups is 1. The van der Waals surface area contributed by atoms with Crippen molar-refractivity contribution in [3.8, 4) is 5.75 Å². The molecule has 2 N–H and O–H groups in total. The third-order valence-corrected chi connectivity index (χ3v) is 5.10. The second-order valence-electron chi connectivity index (χ2n) is 5.44. The topological polar surface area (TPSA) is 52.6 Å². The van der Waals surface area contributed by atoms with Crippen molar-refractivity contribution >= 4 is 33.4 Å². The largest absolute Gasteiger partial charge is 0.506 e. The van der Waals surface area contributed by atoms with Crippen LogP contribution in [-0.4, -0.2) is 29.0 Å². The first-order valence-corrected chi connectivity index (χ1v) is 8.47. The van der Waals surface area contributed by atoms with Gasteiger partial charge in [-0.15, -0.1) is 0 Å². The third kappa shape index (κ3) is 3.37. The van der Waals surface area contributed by atoms with E-state index in [2.05, 4.69) is 26.1 Å². The number of aromatic hydroxyl groups is 1. The highest BCUT2D eigenvalue weighted by molar-refractivity contribution is 9.10. The SMILES string of the molecule is O=C1NCCN(Cc2cccc(O)c2Cl)C1c1ccccc1Br. The number of phenols is 1. The smallest absolute Gasteiger partial charge is 0.242 e. The van der Waals surface area contributed by atoms with Crippen LogP contribution in [0, 0.1) is 0 Å². The van der Waals surface area contributed by atoms with E-state index >= 15 is 0 Å². The van der Waals surface area contributed by atoms with Crippen LogP contribution in [0.3, 0.4) is 0 Å². The molecular weight excluding hydrogens is 380 g/mol. The van der Waals surface area contributed by atoms with Crippen molar-refractivity contribution in [3.63, 3.8) is 0 Å². The van der Waals surface area contributed by atoms with Gasteiger partial charge in [0.1, 0.15) is 11.8 Å². The molecule has 1 saturated heterocycles. The Labute approximate surface area is 148 Å². The lowest BCUT2D eigenvalue weighted by atomic mass is 10.0. The van der Waals surface area contributed by atoms with Gasteiger partial charge in [-0.1, -0.05) is 57.9 Å². The second-order valence-corrected chi connectivity index (χ2v) is 6.67. The molecule has 1 fully saturated rings. The number of hydrogen-bond acceptors (Lipinski definition) is 3. The molecule has 3 rings (SSSR count). The number of piperazine rings is 1. The quantitative estimate of drug-likeness (QED) is 0.836. The fraction of sp³-hybridized carbons (Fsp3) is 0.235. The number of amides is 1. The third-order valence-electron chi connectivity index (χ3n) is 3.94. The average Bonchev–Trinajstić information content (AvgIpc) is 2.53. The van der Waals surface area contributed by atoms with Gasteiger partial charge < -0.3 is 10.4 Å². The molecule has 1 aliphatic rings. The number of benzene rings is 2. The fourth-order valence-corrected chi connectivity index (χ4v) is 3.51. The minimum absolute atomic E-state index is 0.0283. The number of hydrogen-bond donors (Lipinski definition) is 2. The van der Waals surface area contributed by atoms with Gasteiger partial charge in [0.15, 0.2) is 0 Å². The van der Waals surface area contributed by atoms with Gasteiger partial charge in [-0.2, -0.15) is 0 Å². The molecule has 1 amide bonds. The number of nitrogens with zero attached hydrogens (tertiary/aromatic N) is 1. The molecule has 0 bridgehead atoms. The van der Waals surface area contributed by atoms with E-state index in [4.69, 9.17) is 11.6 Å². The van der Waals surface area contributed by atoms with Crippen molar-refractivity contribution in [1.82, 2.24) is 10.2 Å². The molecule has 0 saturated carbocycles. The van der Waals surface area contributed by atoms with E-state index < -0.39 is 6.04 Å². The second kappa shape index (κ2) is 6.91. The molecule has 2 aromatic carbocycles. The molecule has 1 unspecified atom stereocenters. The molecular formula is C17H16BrClN2O2. The van der Waals surface area contributed by atoms with E-state index in [0.717, 1.165) is 15.6 Å². The van der Waals surface area contributed by atoms with Crippen LogP contribution in [0.15, 0.2) is 46.9 Å². The summed E-state index contributed by atoms with van der Waals surface area (Å²) in [5.41, 5.74) is 1.72. The number of carbonyl (C=O) groups excluding carboxylic acids is 1. The average molecular weight is 396 g/mol. The Morgan fingerprint density at radius 3 is 2.83 bits per heavy atom. The molecule has 0 spiro atoms. The summed E-state index contributed by atoms with van der Waals surface area (Å²) in [7, 11) is 0. The first-order valence-electron chi connectivity index (χ1n) is 7.30. The van der Waals surface area contributed by atoms with Gasteiger partial charge in [0.2, 0.25) is 5.91 Å². The number of nitrogens with one attached hydrogen (secondary N) is 1. The predicted molar refractivity (Wildman–Crippen MR) is 93.4 cm³/mol. The summed E-state index contributed by atoms with van der Waals surface area (Å²) in [6, 6.07) is 12.5. The van der Waals surface area contributed by atoms with Gasteiger partial charge in [-0.05, 0) is 23.3 Å². The van der Waals surface area contributed by atoms with Crippen LogP contribution in [0.4, 0.5) is 0 Å². The van der Waals surface area contributed by atoms with Gasteiger partial charge in [0, 0.05) is 24.1 Å². The van der Waals surface area contributed by atoms with Crippen LogP contribution in [0.5, 0.6) is 5.75 Å². The zero-order valence-corrected chi connectivity index (χ0v) is 14.6. The summed E-state index contributed by atoms with van der Waals surface area (Å²) in [4.78, 5) is 14.5. The van der Waals surface area contributed by atoms with Crippen LogP contribution < -0.4 is 5.32 Å². The summed E-state index contributed by atoms with van der Waals surface area (Å²) in [5, 5.41) is 13.0. The van der Waals surface area contributed by atoms with Gasteiger partial charge in [0.05, 0.1) is 5.02 Å². The molecule has 1 heterocycles.